The molecule has 0 fully saturated rings. The van der Waals surface area contributed by atoms with Crippen LogP contribution in [0.15, 0.2) is 18.2 Å². The Morgan fingerprint density at radius 2 is 2.00 bits per heavy atom. The van der Waals surface area contributed by atoms with Crippen LogP contribution in [0, 0.1) is 6.92 Å². The van der Waals surface area contributed by atoms with Crippen molar-refractivity contribution in [1.82, 2.24) is 4.90 Å². The molecule has 0 aliphatic rings. The summed E-state index contributed by atoms with van der Waals surface area (Å²) in [5.74, 6) is 0.109. The Morgan fingerprint density at radius 1 is 1.33 bits per heavy atom. The zero-order chi connectivity index (χ0) is 13.7. The molecule has 0 heterocycles. The van der Waals surface area contributed by atoms with Gasteiger partial charge in [-0.3, -0.25) is 4.79 Å². The molecular weight excluding hydrogens is 226 g/mol. The van der Waals surface area contributed by atoms with Gasteiger partial charge in [-0.15, -0.1) is 0 Å². The number of amides is 1. The average Bonchev–Trinajstić information content (AvgIpc) is 2.32. The number of carbonyl (C=O) groups is 1. The van der Waals surface area contributed by atoms with Gasteiger partial charge < -0.3 is 15.5 Å². The van der Waals surface area contributed by atoms with E-state index in [1.807, 2.05) is 25.1 Å². The molecule has 0 aromatic heterocycles. The Morgan fingerprint density at radius 3 is 2.50 bits per heavy atom. The number of nitrogens with zero attached hydrogens (tertiary/aromatic N) is 2. The number of aryl methyl sites for hydroxylation is 1. The molecular formula is C14H23N3O. The van der Waals surface area contributed by atoms with Gasteiger partial charge in [-0.2, -0.15) is 0 Å². The van der Waals surface area contributed by atoms with Crippen molar-refractivity contribution in [1.29, 1.82) is 0 Å². The van der Waals surface area contributed by atoms with Gasteiger partial charge in [-0.25, -0.2) is 0 Å². The number of nitrogen functional groups attached to an aromatic ring is 1. The maximum Gasteiger partial charge on any atom is 0.241 e. The molecule has 100 valence electrons. The first-order valence-electron chi connectivity index (χ1n) is 6.27. The third-order valence-corrected chi connectivity index (χ3v) is 2.94. The van der Waals surface area contributed by atoms with Gasteiger partial charge in [-0.1, -0.05) is 6.92 Å². The van der Waals surface area contributed by atoms with Crippen LogP contribution in [-0.4, -0.2) is 38.0 Å². The number of rotatable bonds is 5. The second kappa shape index (κ2) is 6.28. The molecule has 2 N–H and O–H groups in total. The molecule has 0 atom stereocenters. The van der Waals surface area contributed by atoms with Crippen molar-refractivity contribution < 1.29 is 4.79 Å². The van der Waals surface area contributed by atoms with E-state index in [-0.39, 0.29) is 5.91 Å². The summed E-state index contributed by atoms with van der Waals surface area (Å²) >= 11 is 0. The fourth-order valence-electron chi connectivity index (χ4n) is 1.73. The van der Waals surface area contributed by atoms with Crippen molar-refractivity contribution in [3.63, 3.8) is 0 Å². The van der Waals surface area contributed by atoms with Crippen LogP contribution in [0.2, 0.25) is 0 Å². The summed E-state index contributed by atoms with van der Waals surface area (Å²) in [6, 6.07) is 5.91. The van der Waals surface area contributed by atoms with Crippen LogP contribution in [-0.2, 0) is 4.79 Å². The lowest BCUT2D eigenvalue weighted by molar-refractivity contribution is -0.127. The van der Waals surface area contributed by atoms with Crippen LogP contribution in [0.5, 0.6) is 0 Å². The predicted octanol–water partition coefficient (Wildman–Crippen LogP) is 1.88. The molecule has 0 aliphatic heterocycles. The highest BCUT2D eigenvalue weighted by Crippen LogP contribution is 2.20. The van der Waals surface area contributed by atoms with Crippen LogP contribution in [0.1, 0.15) is 18.9 Å². The average molecular weight is 249 g/mol. The van der Waals surface area contributed by atoms with E-state index in [0.29, 0.717) is 6.54 Å². The Bertz CT molecular complexity index is 416. The van der Waals surface area contributed by atoms with E-state index in [1.165, 1.54) is 0 Å². The maximum absolute atomic E-state index is 11.8. The van der Waals surface area contributed by atoms with Crippen LogP contribution in [0.3, 0.4) is 0 Å². The first kappa shape index (κ1) is 14.4. The fourth-order valence-corrected chi connectivity index (χ4v) is 1.73. The second-order valence-electron chi connectivity index (χ2n) is 4.75. The number of benzene rings is 1. The summed E-state index contributed by atoms with van der Waals surface area (Å²) in [5.41, 5.74) is 8.71. The number of likely N-dealkylation sites (N-methyl/N-ethyl adjacent to an activating group) is 1. The zero-order valence-electron chi connectivity index (χ0n) is 11.7. The van der Waals surface area contributed by atoms with E-state index in [0.717, 1.165) is 29.9 Å². The Hall–Kier alpha value is -1.71. The molecule has 1 amide bonds. The monoisotopic (exact) mass is 249 g/mol. The third kappa shape index (κ3) is 3.65. The van der Waals surface area contributed by atoms with E-state index >= 15 is 0 Å². The SMILES string of the molecule is CCCN(CC(=O)N(C)C)c1ccc(N)c(C)c1. The van der Waals surface area contributed by atoms with E-state index in [9.17, 15) is 4.79 Å². The number of carbonyl (C=O) groups excluding carboxylic acids is 1. The van der Waals surface area contributed by atoms with Gasteiger partial charge in [-0.05, 0) is 37.1 Å². The molecule has 0 saturated carbocycles. The minimum Gasteiger partial charge on any atom is -0.399 e. The summed E-state index contributed by atoms with van der Waals surface area (Å²) in [6.45, 7) is 5.36. The van der Waals surface area contributed by atoms with Gasteiger partial charge in [0.15, 0.2) is 0 Å². The van der Waals surface area contributed by atoms with Crippen molar-refractivity contribution in [3.8, 4) is 0 Å². The lowest BCUT2D eigenvalue weighted by atomic mass is 10.1. The summed E-state index contributed by atoms with van der Waals surface area (Å²) in [7, 11) is 3.56. The molecule has 0 saturated heterocycles. The highest BCUT2D eigenvalue weighted by molar-refractivity contribution is 5.81. The Balaban J connectivity index is 2.89. The molecule has 4 heteroatoms. The van der Waals surface area contributed by atoms with Gasteiger partial charge in [0.2, 0.25) is 5.91 Å². The highest BCUT2D eigenvalue weighted by atomic mass is 16.2. The number of nitrogens with two attached hydrogens (primary N) is 1. The third-order valence-electron chi connectivity index (χ3n) is 2.94. The van der Waals surface area contributed by atoms with Crippen LogP contribution in [0.25, 0.3) is 0 Å². The summed E-state index contributed by atoms with van der Waals surface area (Å²) in [6.07, 6.45) is 1.00. The van der Waals surface area contributed by atoms with Gasteiger partial charge in [0.05, 0.1) is 6.54 Å². The summed E-state index contributed by atoms with van der Waals surface area (Å²) < 4.78 is 0. The molecule has 4 nitrogen and oxygen atoms in total. The Labute approximate surface area is 109 Å². The van der Waals surface area contributed by atoms with Gasteiger partial charge in [0, 0.05) is 32.0 Å². The van der Waals surface area contributed by atoms with Crippen molar-refractivity contribution in [2.24, 2.45) is 0 Å². The fraction of sp³-hybridized carbons (Fsp3) is 0.500. The number of anilines is 2. The minimum atomic E-state index is 0.109. The first-order valence-corrected chi connectivity index (χ1v) is 6.27. The molecule has 0 aliphatic carbocycles. The minimum absolute atomic E-state index is 0.109. The summed E-state index contributed by atoms with van der Waals surface area (Å²) in [5, 5.41) is 0. The van der Waals surface area contributed by atoms with E-state index < -0.39 is 0 Å². The van der Waals surface area contributed by atoms with Gasteiger partial charge >= 0.3 is 0 Å². The number of hydrogen-bond acceptors (Lipinski definition) is 3. The standard InChI is InChI=1S/C14H23N3O/c1-5-8-17(10-14(18)16(3)4)12-6-7-13(15)11(2)9-12/h6-7,9H,5,8,10,15H2,1-4H3. The first-order chi connectivity index (χ1) is 8.45. The van der Waals surface area contributed by atoms with E-state index in [1.54, 1.807) is 19.0 Å². The lowest BCUT2D eigenvalue weighted by Gasteiger charge is -2.25. The largest absolute Gasteiger partial charge is 0.399 e. The topological polar surface area (TPSA) is 49.6 Å². The Kier molecular flexibility index (Phi) is 5.01. The van der Waals surface area contributed by atoms with Gasteiger partial charge in [0.25, 0.3) is 0 Å². The molecule has 18 heavy (non-hydrogen) atoms. The van der Waals surface area contributed by atoms with Crippen LogP contribution < -0.4 is 10.6 Å². The molecule has 0 unspecified atom stereocenters. The maximum atomic E-state index is 11.8. The van der Waals surface area contributed by atoms with E-state index in [2.05, 4.69) is 11.8 Å². The summed E-state index contributed by atoms with van der Waals surface area (Å²) in [4.78, 5) is 15.5. The molecule has 1 aromatic carbocycles. The number of hydrogen-bond donors (Lipinski definition) is 1. The quantitative estimate of drug-likeness (QED) is 0.811. The van der Waals surface area contributed by atoms with E-state index in [4.69, 9.17) is 5.73 Å². The van der Waals surface area contributed by atoms with Crippen LogP contribution >= 0.6 is 0 Å². The van der Waals surface area contributed by atoms with Gasteiger partial charge in [0.1, 0.15) is 0 Å². The molecule has 0 spiro atoms. The van der Waals surface area contributed by atoms with Crippen molar-refractivity contribution in [2.75, 3.05) is 37.8 Å². The molecule has 1 rings (SSSR count). The molecule has 1 aromatic rings. The van der Waals surface area contributed by atoms with Crippen molar-refractivity contribution in [2.45, 2.75) is 20.3 Å². The van der Waals surface area contributed by atoms with Crippen molar-refractivity contribution in [3.05, 3.63) is 23.8 Å². The van der Waals surface area contributed by atoms with Crippen molar-refractivity contribution >= 4 is 17.3 Å². The highest BCUT2D eigenvalue weighted by Gasteiger charge is 2.12. The van der Waals surface area contributed by atoms with Crippen LogP contribution in [0.4, 0.5) is 11.4 Å². The smallest absolute Gasteiger partial charge is 0.241 e. The zero-order valence-corrected chi connectivity index (χ0v) is 11.7. The predicted molar refractivity (Wildman–Crippen MR) is 76.8 cm³/mol. The molecule has 0 radical (unpaired) electrons. The molecule has 0 bridgehead atoms. The second-order valence-corrected chi connectivity index (χ2v) is 4.75. The normalized spacial score (nSPS) is 10.2. The lowest BCUT2D eigenvalue weighted by Crippen LogP contribution is -2.37.